The molecule has 0 amide bonds. The van der Waals surface area contributed by atoms with Gasteiger partial charge >= 0.3 is 0 Å². The molecule has 1 heterocycles. The van der Waals surface area contributed by atoms with Crippen LogP contribution in [-0.4, -0.2) is 11.2 Å². The van der Waals surface area contributed by atoms with E-state index >= 15 is 0 Å². The topological polar surface area (TPSA) is 33.4 Å². The quantitative estimate of drug-likeness (QED) is 0.866. The van der Waals surface area contributed by atoms with Crippen LogP contribution >= 0.6 is 11.6 Å². The smallest absolute Gasteiger partial charge is 0.152 e. The standard InChI is InChI=1S/C14H17ClO2/c1-2-4-11(16)7-8-12-9-10-5-3-6-13(15)14(10)17-12/h3,5-6,9,11,16H,2,4,7-8H2,1H3. The maximum atomic E-state index is 9.67. The summed E-state index contributed by atoms with van der Waals surface area (Å²) in [6, 6.07) is 7.72. The number of hydrogen-bond acceptors (Lipinski definition) is 2. The number of furan rings is 1. The van der Waals surface area contributed by atoms with E-state index in [1.807, 2.05) is 24.3 Å². The van der Waals surface area contributed by atoms with E-state index in [9.17, 15) is 5.11 Å². The molecule has 17 heavy (non-hydrogen) atoms. The second kappa shape index (κ2) is 5.56. The molecule has 1 N–H and O–H groups in total. The van der Waals surface area contributed by atoms with Gasteiger partial charge in [-0.25, -0.2) is 0 Å². The van der Waals surface area contributed by atoms with Gasteiger partial charge in [0.2, 0.25) is 0 Å². The molecule has 0 radical (unpaired) electrons. The van der Waals surface area contributed by atoms with E-state index in [0.29, 0.717) is 5.02 Å². The molecule has 92 valence electrons. The fraction of sp³-hybridized carbons (Fsp3) is 0.429. The lowest BCUT2D eigenvalue weighted by Gasteiger charge is -2.06. The molecule has 2 rings (SSSR count). The summed E-state index contributed by atoms with van der Waals surface area (Å²) >= 11 is 6.04. The monoisotopic (exact) mass is 252 g/mol. The van der Waals surface area contributed by atoms with Crippen LogP contribution in [-0.2, 0) is 6.42 Å². The van der Waals surface area contributed by atoms with Crippen LogP contribution in [0.25, 0.3) is 11.0 Å². The summed E-state index contributed by atoms with van der Waals surface area (Å²) in [6.07, 6.45) is 3.12. The molecule has 2 nitrogen and oxygen atoms in total. The van der Waals surface area contributed by atoms with Gasteiger partial charge in [-0.1, -0.05) is 37.1 Å². The number of halogens is 1. The van der Waals surface area contributed by atoms with Gasteiger partial charge in [0, 0.05) is 11.8 Å². The van der Waals surface area contributed by atoms with E-state index in [1.54, 1.807) is 0 Å². The van der Waals surface area contributed by atoms with Gasteiger partial charge in [-0.2, -0.15) is 0 Å². The highest BCUT2D eigenvalue weighted by atomic mass is 35.5. The zero-order valence-electron chi connectivity index (χ0n) is 9.95. The molecule has 1 unspecified atom stereocenters. The van der Waals surface area contributed by atoms with Crippen LogP contribution in [0.2, 0.25) is 5.02 Å². The number of benzene rings is 1. The first kappa shape index (κ1) is 12.5. The normalized spacial score (nSPS) is 13.1. The Labute approximate surface area is 106 Å². The Morgan fingerprint density at radius 3 is 2.88 bits per heavy atom. The van der Waals surface area contributed by atoms with Gasteiger partial charge < -0.3 is 9.52 Å². The lowest BCUT2D eigenvalue weighted by atomic mass is 10.1. The Hall–Kier alpha value is -0.990. The summed E-state index contributed by atoms with van der Waals surface area (Å²) in [5.74, 6) is 0.892. The molecule has 1 atom stereocenters. The molecule has 0 spiro atoms. The molecule has 1 aromatic carbocycles. The third-order valence-corrected chi connectivity index (χ3v) is 3.19. The molecule has 1 aromatic heterocycles. The Bertz CT molecular complexity index is 490. The molecule has 0 fully saturated rings. The van der Waals surface area contributed by atoms with Crippen molar-refractivity contribution >= 4 is 22.6 Å². The van der Waals surface area contributed by atoms with Gasteiger partial charge in [0.15, 0.2) is 5.58 Å². The maximum absolute atomic E-state index is 9.67. The Balaban J connectivity index is 2.07. The molecule has 2 aromatic rings. The van der Waals surface area contributed by atoms with E-state index in [0.717, 1.165) is 42.4 Å². The number of para-hydroxylation sites is 1. The third kappa shape index (κ3) is 3.02. The predicted octanol–water partition coefficient (Wildman–Crippen LogP) is 4.18. The number of aliphatic hydroxyl groups is 1. The predicted molar refractivity (Wildman–Crippen MR) is 70.5 cm³/mol. The number of aryl methyl sites for hydroxylation is 1. The van der Waals surface area contributed by atoms with Gasteiger partial charge in [-0.3, -0.25) is 0 Å². The van der Waals surface area contributed by atoms with Gasteiger partial charge in [0.05, 0.1) is 11.1 Å². The molecule has 0 aliphatic heterocycles. The summed E-state index contributed by atoms with van der Waals surface area (Å²) < 4.78 is 5.68. The average Bonchev–Trinajstić information content (AvgIpc) is 2.71. The van der Waals surface area contributed by atoms with E-state index in [1.165, 1.54) is 0 Å². The number of fused-ring (bicyclic) bond motifs is 1. The molecule has 0 bridgehead atoms. The fourth-order valence-electron chi connectivity index (χ4n) is 1.99. The second-order valence-corrected chi connectivity index (χ2v) is 4.76. The highest BCUT2D eigenvalue weighted by Crippen LogP contribution is 2.27. The third-order valence-electron chi connectivity index (χ3n) is 2.89. The summed E-state index contributed by atoms with van der Waals surface area (Å²) in [5, 5.41) is 11.3. The Morgan fingerprint density at radius 2 is 2.18 bits per heavy atom. The number of aliphatic hydroxyl groups excluding tert-OH is 1. The highest BCUT2D eigenvalue weighted by Gasteiger charge is 2.09. The van der Waals surface area contributed by atoms with Crippen molar-refractivity contribution in [3.63, 3.8) is 0 Å². The van der Waals surface area contributed by atoms with E-state index < -0.39 is 0 Å². The lowest BCUT2D eigenvalue weighted by molar-refractivity contribution is 0.152. The molecule has 0 saturated carbocycles. The van der Waals surface area contributed by atoms with Crippen molar-refractivity contribution in [2.45, 2.75) is 38.7 Å². The first-order chi connectivity index (χ1) is 8.20. The van der Waals surface area contributed by atoms with E-state index in [2.05, 4.69) is 6.92 Å². The summed E-state index contributed by atoms with van der Waals surface area (Å²) in [7, 11) is 0. The van der Waals surface area contributed by atoms with Crippen molar-refractivity contribution in [2.75, 3.05) is 0 Å². The maximum Gasteiger partial charge on any atom is 0.152 e. The largest absolute Gasteiger partial charge is 0.460 e. The average molecular weight is 253 g/mol. The van der Waals surface area contributed by atoms with Crippen LogP contribution in [0, 0.1) is 0 Å². The van der Waals surface area contributed by atoms with Crippen molar-refractivity contribution in [3.8, 4) is 0 Å². The van der Waals surface area contributed by atoms with Crippen molar-refractivity contribution in [1.82, 2.24) is 0 Å². The Morgan fingerprint density at radius 1 is 1.35 bits per heavy atom. The Kier molecular flexibility index (Phi) is 4.08. The van der Waals surface area contributed by atoms with Crippen molar-refractivity contribution in [1.29, 1.82) is 0 Å². The van der Waals surface area contributed by atoms with Crippen molar-refractivity contribution in [2.24, 2.45) is 0 Å². The van der Waals surface area contributed by atoms with Crippen LogP contribution in [0.15, 0.2) is 28.7 Å². The van der Waals surface area contributed by atoms with Crippen LogP contribution in [0.4, 0.5) is 0 Å². The first-order valence-electron chi connectivity index (χ1n) is 6.05. The molecule has 0 saturated heterocycles. The van der Waals surface area contributed by atoms with Gasteiger partial charge in [-0.15, -0.1) is 0 Å². The minimum absolute atomic E-state index is 0.233. The van der Waals surface area contributed by atoms with E-state index in [-0.39, 0.29) is 6.10 Å². The zero-order valence-corrected chi connectivity index (χ0v) is 10.7. The summed E-state index contributed by atoms with van der Waals surface area (Å²) in [6.45, 7) is 2.07. The molecule has 0 aliphatic carbocycles. The van der Waals surface area contributed by atoms with Gasteiger partial charge in [-0.05, 0) is 25.0 Å². The van der Waals surface area contributed by atoms with Crippen LogP contribution in [0.5, 0.6) is 0 Å². The molecule has 3 heteroatoms. The SMILES string of the molecule is CCCC(O)CCc1cc2cccc(Cl)c2o1. The van der Waals surface area contributed by atoms with Crippen molar-refractivity contribution < 1.29 is 9.52 Å². The van der Waals surface area contributed by atoms with Crippen molar-refractivity contribution in [3.05, 3.63) is 35.0 Å². The summed E-state index contributed by atoms with van der Waals surface area (Å²) in [5.41, 5.74) is 0.745. The molecule has 0 aliphatic rings. The lowest BCUT2D eigenvalue weighted by Crippen LogP contribution is -2.06. The number of hydrogen-bond donors (Lipinski definition) is 1. The van der Waals surface area contributed by atoms with Crippen LogP contribution < -0.4 is 0 Å². The number of rotatable bonds is 5. The van der Waals surface area contributed by atoms with Gasteiger partial charge in [0.1, 0.15) is 5.76 Å². The van der Waals surface area contributed by atoms with E-state index in [4.69, 9.17) is 16.0 Å². The highest BCUT2D eigenvalue weighted by molar-refractivity contribution is 6.34. The zero-order chi connectivity index (χ0) is 12.3. The van der Waals surface area contributed by atoms with Gasteiger partial charge in [0.25, 0.3) is 0 Å². The summed E-state index contributed by atoms with van der Waals surface area (Å²) in [4.78, 5) is 0. The van der Waals surface area contributed by atoms with Crippen LogP contribution in [0.3, 0.4) is 0 Å². The fourth-order valence-corrected chi connectivity index (χ4v) is 2.21. The minimum atomic E-state index is -0.233. The van der Waals surface area contributed by atoms with Crippen LogP contribution in [0.1, 0.15) is 31.9 Å². The second-order valence-electron chi connectivity index (χ2n) is 4.35. The molecular weight excluding hydrogens is 236 g/mol. The molecular formula is C14H17ClO2. The minimum Gasteiger partial charge on any atom is -0.460 e. The first-order valence-corrected chi connectivity index (χ1v) is 6.43.